The van der Waals surface area contributed by atoms with Crippen molar-refractivity contribution < 1.29 is 9.47 Å². The Bertz CT molecular complexity index is 436. The highest BCUT2D eigenvalue weighted by Gasteiger charge is 2.19. The molecule has 2 aliphatic rings. The van der Waals surface area contributed by atoms with Crippen LogP contribution in [0.25, 0.3) is 0 Å². The second-order valence-corrected chi connectivity index (χ2v) is 5.32. The van der Waals surface area contributed by atoms with Crippen molar-refractivity contribution in [2.24, 2.45) is 5.73 Å². The maximum Gasteiger partial charge on any atom is 0.122 e. The predicted octanol–water partition coefficient (Wildman–Crippen LogP) is 0.824. The van der Waals surface area contributed by atoms with Gasteiger partial charge in [0.1, 0.15) is 5.75 Å². The topological polar surface area (TPSA) is 47.7 Å². The minimum Gasteiger partial charge on any atom is -0.493 e. The van der Waals surface area contributed by atoms with Crippen LogP contribution in [-0.2, 0) is 17.6 Å². The maximum absolute atomic E-state index is 5.67. The second kappa shape index (κ2) is 5.90. The molecule has 1 atom stereocenters. The Hall–Kier alpha value is -1.10. The number of morpholine rings is 1. The average Bonchev–Trinajstić information content (AvgIpc) is 2.93. The number of rotatable bonds is 4. The molecule has 0 bridgehead atoms. The van der Waals surface area contributed by atoms with Gasteiger partial charge in [-0.25, -0.2) is 0 Å². The fourth-order valence-electron chi connectivity index (χ4n) is 2.81. The summed E-state index contributed by atoms with van der Waals surface area (Å²) < 4.78 is 11.1. The highest BCUT2D eigenvalue weighted by Crippen LogP contribution is 2.26. The first-order valence-corrected chi connectivity index (χ1v) is 7.14. The SMILES string of the molecule is NCC1CN(CCc2ccc3c(c2)CCO3)CCO1. The van der Waals surface area contributed by atoms with Gasteiger partial charge in [0.25, 0.3) is 0 Å². The monoisotopic (exact) mass is 262 g/mol. The van der Waals surface area contributed by atoms with Crippen LogP contribution in [0.1, 0.15) is 11.1 Å². The van der Waals surface area contributed by atoms with Gasteiger partial charge in [-0.1, -0.05) is 12.1 Å². The van der Waals surface area contributed by atoms with E-state index in [1.54, 1.807) is 0 Å². The van der Waals surface area contributed by atoms with Gasteiger partial charge in [0, 0.05) is 32.6 Å². The van der Waals surface area contributed by atoms with E-state index < -0.39 is 0 Å². The molecule has 1 unspecified atom stereocenters. The summed E-state index contributed by atoms with van der Waals surface area (Å²) in [6, 6.07) is 6.59. The molecule has 1 saturated heterocycles. The van der Waals surface area contributed by atoms with Gasteiger partial charge >= 0.3 is 0 Å². The molecule has 1 fully saturated rings. The van der Waals surface area contributed by atoms with E-state index in [0.29, 0.717) is 6.54 Å². The Morgan fingerprint density at radius 1 is 1.32 bits per heavy atom. The summed E-state index contributed by atoms with van der Waals surface area (Å²) in [5, 5.41) is 0. The Labute approximate surface area is 114 Å². The third-order valence-corrected chi connectivity index (χ3v) is 3.96. The van der Waals surface area contributed by atoms with Gasteiger partial charge in [-0.05, 0) is 23.6 Å². The summed E-state index contributed by atoms with van der Waals surface area (Å²) >= 11 is 0. The smallest absolute Gasteiger partial charge is 0.122 e. The molecule has 2 N–H and O–H groups in total. The molecule has 0 saturated carbocycles. The number of nitrogens with two attached hydrogens (primary N) is 1. The Morgan fingerprint density at radius 2 is 2.26 bits per heavy atom. The van der Waals surface area contributed by atoms with E-state index in [-0.39, 0.29) is 6.10 Å². The summed E-state index contributed by atoms with van der Waals surface area (Å²) in [5.41, 5.74) is 8.43. The minimum absolute atomic E-state index is 0.210. The van der Waals surface area contributed by atoms with E-state index in [0.717, 1.165) is 51.4 Å². The molecular formula is C15H22N2O2. The van der Waals surface area contributed by atoms with Crippen molar-refractivity contribution in [3.8, 4) is 5.75 Å². The molecule has 0 aromatic heterocycles. The molecule has 104 valence electrons. The van der Waals surface area contributed by atoms with E-state index in [1.807, 2.05) is 0 Å². The standard InChI is InChI=1S/C15H22N2O2/c16-10-14-11-17(6-8-18-14)5-3-12-1-2-15-13(9-12)4-7-19-15/h1-2,9,14H,3-8,10-11,16H2. The molecule has 1 aromatic carbocycles. The van der Waals surface area contributed by atoms with Crippen LogP contribution in [0.3, 0.4) is 0 Å². The molecule has 2 aliphatic heterocycles. The molecule has 4 heteroatoms. The summed E-state index contributed by atoms with van der Waals surface area (Å²) in [5.74, 6) is 1.07. The minimum atomic E-state index is 0.210. The number of hydrogen-bond donors (Lipinski definition) is 1. The second-order valence-electron chi connectivity index (χ2n) is 5.32. The number of hydrogen-bond acceptors (Lipinski definition) is 4. The van der Waals surface area contributed by atoms with Crippen LogP contribution in [0.4, 0.5) is 0 Å². The Morgan fingerprint density at radius 3 is 3.16 bits per heavy atom. The molecule has 19 heavy (non-hydrogen) atoms. The first-order chi connectivity index (χ1) is 9.35. The van der Waals surface area contributed by atoms with Crippen molar-refractivity contribution in [1.82, 2.24) is 4.90 Å². The van der Waals surface area contributed by atoms with Crippen LogP contribution >= 0.6 is 0 Å². The van der Waals surface area contributed by atoms with Gasteiger partial charge in [-0.15, -0.1) is 0 Å². The molecule has 0 aliphatic carbocycles. The third-order valence-electron chi connectivity index (χ3n) is 3.96. The third kappa shape index (κ3) is 3.08. The zero-order valence-corrected chi connectivity index (χ0v) is 11.3. The number of nitrogens with zero attached hydrogens (tertiary/aromatic N) is 1. The highest BCUT2D eigenvalue weighted by molar-refractivity contribution is 5.39. The van der Waals surface area contributed by atoms with Gasteiger partial charge < -0.3 is 15.2 Å². The van der Waals surface area contributed by atoms with Gasteiger partial charge in [0.15, 0.2) is 0 Å². The van der Waals surface area contributed by atoms with E-state index in [9.17, 15) is 0 Å². The van der Waals surface area contributed by atoms with Crippen molar-refractivity contribution in [2.75, 3.05) is 39.4 Å². The lowest BCUT2D eigenvalue weighted by Gasteiger charge is -2.32. The van der Waals surface area contributed by atoms with Crippen molar-refractivity contribution in [3.63, 3.8) is 0 Å². The lowest BCUT2D eigenvalue weighted by Crippen LogP contribution is -2.46. The van der Waals surface area contributed by atoms with E-state index in [1.165, 1.54) is 11.1 Å². The molecular weight excluding hydrogens is 240 g/mol. The van der Waals surface area contributed by atoms with Crippen LogP contribution in [-0.4, -0.2) is 50.4 Å². The van der Waals surface area contributed by atoms with E-state index in [4.69, 9.17) is 15.2 Å². The summed E-state index contributed by atoms with van der Waals surface area (Å²) in [6.45, 7) is 5.32. The molecule has 1 aromatic rings. The molecule has 4 nitrogen and oxygen atoms in total. The van der Waals surface area contributed by atoms with Crippen LogP contribution in [0.15, 0.2) is 18.2 Å². The predicted molar refractivity (Wildman–Crippen MR) is 74.6 cm³/mol. The normalized spacial score (nSPS) is 23.1. The lowest BCUT2D eigenvalue weighted by molar-refractivity contribution is -0.0226. The van der Waals surface area contributed by atoms with Crippen LogP contribution in [0.5, 0.6) is 5.75 Å². The first kappa shape index (κ1) is 12.9. The average molecular weight is 262 g/mol. The van der Waals surface area contributed by atoms with E-state index in [2.05, 4.69) is 23.1 Å². The largest absolute Gasteiger partial charge is 0.493 e. The van der Waals surface area contributed by atoms with Gasteiger partial charge in [0.05, 0.1) is 19.3 Å². The lowest BCUT2D eigenvalue weighted by atomic mass is 10.1. The highest BCUT2D eigenvalue weighted by atomic mass is 16.5. The number of benzene rings is 1. The van der Waals surface area contributed by atoms with Crippen molar-refractivity contribution >= 4 is 0 Å². The Balaban J connectivity index is 1.54. The number of fused-ring (bicyclic) bond motifs is 1. The van der Waals surface area contributed by atoms with Gasteiger partial charge in [-0.3, -0.25) is 4.90 Å². The summed E-state index contributed by atoms with van der Waals surface area (Å²) in [4.78, 5) is 2.45. The molecule has 3 rings (SSSR count). The molecule has 0 radical (unpaired) electrons. The summed E-state index contributed by atoms with van der Waals surface area (Å²) in [6.07, 6.45) is 2.35. The van der Waals surface area contributed by atoms with Crippen LogP contribution in [0.2, 0.25) is 0 Å². The fraction of sp³-hybridized carbons (Fsp3) is 0.600. The number of ether oxygens (including phenoxy) is 2. The molecule has 2 heterocycles. The van der Waals surface area contributed by atoms with Crippen LogP contribution < -0.4 is 10.5 Å². The molecule has 0 spiro atoms. The van der Waals surface area contributed by atoms with Crippen molar-refractivity contribution in [1.29, 1.82) is 0 Å². The zero-order valence-electron chi connectivity index (χ0n) is 11.3. The fourth-order valence-corrected chi connectivity index (χ4v) is 2.81. The van der Waals surface area contributed by atoms with Crippen LogP contribution in [0, 0.1) is 0 Å². The Kier molecular flexibility index (Phi) is 4.01. The first-order valence-electron chi connectivity index (χ1n) is 7.14. The van der Waals surface area contributed by atoms with Gasteiger partial charge in [0.2, 0.25) is 0 Å². The maximum atomic E-state index is 5.67. The zero-order chi connectivity index (χ0) is 13.1. The van der Waals surface area contributed by atoms with Gasteiger partial charge in [-0.2, -0.15) is 0 Å². The quantitative estimate of drug-likeness (QED) is 0.873. The van der Waals surface area contributed by atoms with Crippen molar-refractivity contribution in [3.05, 3.63) is 29.3 Å². The molecule has 0 amide bonds. The van der Waals surface area contributed by atoms with E-state index >= 15 is 0 Å². The van der Waals surface area contributed by atoms with Crippen molar-refractivity contribution in [2.45, 2.75) is 18.9 Å². The summed E-state index contributed by atoms with van der Waals surface area (Å²) in [7, 11) is 0.